The number of nitrogens with zero attached hydrogens (tertiary/aromatic N) is 1. The fourth-order valence-electron chi connectivity index (χ4n) is 1.94. The van der Waals surface area contributed by atoms with Gasteiger partial charge in [0, 0.05) is 6.20 Å². The Kier molecular flexibility index (Phi) is 3.09. The largest absolute Gasteiger partial charge is 0.316 e. The third-order valence-corrected chi connectivity index (χ3v) is 2.72. The van der Waals surface area contributed by atoms with Gasteiger partial charge < -0.3 is 5.32 Å². The molecule has 1 atom stereocenters. The van der Waals surface area contributed by atoms with E-state index in [1.54, 1.807) is 12.3 Å². The first-order valence-corrected chi connectivity index (χ1v) is 5.16. The Morgan fingerprint density at radius 3 is 3.21 bits per heavy atom. The highest BCUT2D eigenvalue weighted by Crippen LogP contribution is 2.16. The lowest BCUT2D eigenvalue weighted by atomic mass is 9.94. The van der Waals surface area contributed by atoms with E-state index in [4.69, 9.17) is 0 Å². The van der Waals surface area contributed by atoms with E-state index in [0.29, 0.717) is 11.6 Å². The van der Waals surface area contributed by atoms with Gasteiger partial charge >= 0.3 is 0 Å². The molecule has 1 aromatic heterocycles. The average molecular weight is 194 g/mol. The van der Waals surface area contributed by atoms with E-state index < -0.39 is 0 Å². The predicted octanol–water partition coefficient (Wildman–Crippen LogP) is 1.76. The Labute approximate surface area is 83.6 Å². The van der Waals surface area contributed by atoms with Crippen molar-refractivity contribution in [1.82, 2.24) is 10.3 Å². The van der Waals surface area contributed by atoms with E-state index in [1.807, 2.05) is 0 Å². The number of hydrogen-bond acceptors (Lipinski definition) is 2. The zero-order valence-corrected chi connectivity index (χ0v) is 8.17. The Hall–Kier alpha value is -0.960. The number of nitrogens with one attached hydrogen (secondary N) is 1. The summed E-state index contributed by atoms with van der Waals surface area (Å²) in [5.41, 5.74) is 0.612. The van der Waals surface area contributed by atoms with Crippen LogP contribution in [0, 0.1) is 11.7 Å². The third kappa shape index (κ3) is 2.29. The topological polar surface area (TPSA) is 24.9 Å². The molecule has 1 aromatic rings. The molecule has 0 saturated carbocycles. The fraction of sp³-hybridized carbons (Fsp3) is 0.545. The van der Waals surface area contributed by atoms with Gasteiger partial charge in [-0.3, -0.25) is 4.98 Å². The molecule has 2 nitrogen and oxygen atoms in total. The van der Waals surface area contributed by atoms with Gasteiger partial charge in [-0.2, -0.15) is 0 Å². The van der Waals surface area contributed by atoms with Gasteiger partial charge in [0.1, 0.15) is 5.82 Å². The van der Waals surface area contributed by atoms with Crippen molar-refractivity contribution in [3.05, 3.63) is 29.8 Å². The van der Waals surface area contributed by atoms with Crippen LogP contribution in [0.15, 0.2) is 18.3 Å². The molecule has 0 radical (unpaired) electrons. The first kappa shape index (κ1) is 9.59. The van der Waals surface area contributed by atoms with Gasteiger partial charge in [0.25, 0.3) is 0 Å². The molecule has 0 aliphatic carbocycles. The van der Waals surface area contributed by atoms with Crippen molar-refractivity contribution in [3.8, 4) is 0 Å². The van der Waals surface area contributed by atoms with Crippen molar-refractivity contribution in [2.75, 3.05) is 13.1 Å². The van der Waals surface area contributed by atoms with Gasteiger partial charge in [-0.15, -0.1) is 0 Å². The first-order chi connectivity index (χ1) is 6.86. The fourth-order valence-corrected chi connectivity index (χ4v) is 1.94. The first-order valence-electron chi connectivity index (χ1n) is 5.16. The Morgan fingerprint density at radius 1 is 1.57 bits per heavy atom. The maximum Gasteiger partial charge on any atom is 0.144 e. The molecule has 3 heteroatoms. The number of aromatic nitrogens is 1. The normalized spacial score (nSPS) is 22.2. The lowest BCUT2D eigenvalue weighted by molar-refractivity contribution is 0.369. The minimum Gasteiger partial charge on any atom is -0.316 e. The molecule has 1 aliphatic rings. The molecule has 1 fully saturated rings. The number of piperidine rings is 1. The lowest BCUT2D eigenvalue weighted by Gasteiger charge is -2.22. The standard InChI is InChI=1S/C11H15FN2/c12-10-4-2-6-14-11(10)7-9-3-1-5-13-8-9/h2,4,6,9,13H,1,3,5,7-8H2. The second-order valence-corrected chi connectivity index (χ2v) is 3.85. The molecule has 14 heavy (non-hydrogen) atoms. The van der Waals surface area contributed by atoms with E-state index in [9.17, 15) is 4.39 Å². The molecule has 1 saturated heterocycles. The smallest absolute Gasteiger partial charge is 0.144 e. The van der Waals surface area contributed by atoms with Crippen molar-refractivity contribution in [3.63, 3.8) is 0 Å². The quantitative estimate of drug-likeness (QED) is 0.776. The Balaban J connectivity index is 1.99. The van der Waals surface area contributed by atoms with Crippen LogP contribution in [-0.4, -0.2) is 18.1 Å². The maximum absolute atomic E-state index is 13.3. The highest BCUT2D eigenvalue weighted by atomic mass is 19.1. The molecule has 1 N–H and O–H groups in total. The Bertz CT molecular complexity index is 295. The summed E-state index contributed by atoms with van der Waals surface area (Å²) in [5, 5.41) is 3.32. The molecular formula is C11H15FN2. The average Bonchev–Trinajstić information content (AvgIpc) is 2.23. The molecule has 2 heterocycles. The van der Waals surface area contributed by atoms with Crippen LogP contribution in [0.3, 0.4) is 0 Å². The number of hydrogen-bond donors (Lipinski definition) is 1. The summed E-state index contributed by atoms with van der Waals surface area (Å²) in [6, 6.07) is 3.12. The van der Waals surface area contributed by atoms with Crippen LogP contribution in [0.25, 0.3) is 0 Å². The summed E-state index contributed by atoms with van der Waals surface area (Å²) in [6.07, 6.45) is 4.80. The summed E-state index contributed by atoms with van der Waals surface area (Å²) in [4.78, 5) is 4.07. The minimum absolute atomic E-state index is 0.168. The molecule has 1 unspecified atom stereocenters. The molecule has 0 bridgehead atoms. The maximum atomic E-state index is 13.3. The van der Waals surface area contributed by atoms with E-state index in [2.05, 4.69) is 10.3 Å². The van der Waals surface area contributed by atoms with Crippen LogP contribution >= 0.6 is 0 Å². The summed E-state index contributed by atoms with van der Waals surface area (Å²) in [6.45, 7) is 2.09. The van der Waals surface area contributed by atoms with Gasteiger partial charge in [0.15, 0.2) is 0 Å². The van der Waals surface area contributed by atoms with Crippen molar-refractivity contribution >= 4 is 0 Å². The van der Waals surface area contributed by atoms with Crippen molar-refractivity contribution in [2.45, 2.75) is 19.3 Å². The molecule has 1 aliphatic heterocycles. The second-order valence-electron chi connectivity index (χ2n) is 3.85. The number of rotatable bonds is 2. The van der Waals surface area contributed by atoms with Crippen molar-refractivity contribution in [2.24, 2.45) is 5.92 Å². The summed E-state index contributed by atoms with van der Waals surface area (Å²) < 4.78 is 13.3. The van der Waals surface area contributed by atoms with Crippen LogP contribution in [0.5, 0.6) is 0 Å². The van der Waals surface area contributed by atoms with E-state index in [1.165, 1.54) is 18.9 Å². The molecule has 76 valence electrons. The minimum atomic E-state index is -0.168. The van der Waals surface area contributed by atoms with Gasteiger partial charge in [0.05, 0.1) is 5.69 Å². The van der Waals surface area contributed by atoms with Crippen LogP contribution < -0.4 is 5.32 Å². The third-order valence-electron chi connectivity index (χ3n) is 2.72. The van der Waals surface area contributed by atoms with Crippen LogP contribution in [0.2, 0.25) is 0 Å². The van der Waals surface area contributed by atoms with E-state index in [0.717, 1.165) is 19.5 Å². The SMILES string of the molecule is Fc1cccnc1CC1CCCNC1. The molecule has 0 aromatic carbocycles. The lowest BCUT2D eigenvalue weighted by Crippen LogP contribution is -2.31. The summed E-state index contributed by atoms with van der Waals surface area (Å²) in [5.74, 6) is 0.381. The zero-order chi connectivity index (χ0) is 9.80. The number of pyridine rings is 1. The predicted molar refractivity (Wildman–Crippen MR) is 53.5 cm³/mol. The highest BCUT2D eigenvalue weighted by Gasteiger charge is 2.15. The van der Waals surface area contributed by atoms with E-state index >= 15 is 0 Å². The van der Waals surface area contributed by atoms with Crippen LogP contribution in [0.4, 0.5) is 4.39 Å². The molecule has 0 amide bonds. The van der Waals surface area contributed by atoms with Crippen molar-refractivity contribution in [1.29, 1.82) is 0 Å². The molecule has 2 rings (SSSR count). The summed E-state index contributed by atoms with van der Waals surface area (Å²) >= 11 is 0. The number of halogens is 1. The van der Waals surface area contributed by atoms with Gasteiger partial charge in [-0.05, 0) is 50.4 Å². The summed E-state index contributed by atoms with van der Waals surface area (Å²) in [7, 11) is 0. The zero-order valence-electron chi connectivity index (χ0n) is 8.17. The van der Waals surface area contributed by atoms with E-state index in [-0.39, 0.29) is 5.82 Å². The monoisotopic (exact) mass is 194 g/mol. The second kappa shape index (κ2) is 4.51. The highest BCUT2D eigenvalue weighted by molar-refractivity contribution is 5.08. The molecule has 0 spiro atoms. The van der Waals surface area contributed by atoms with Gasteiger partial charge in [0.2, 0.25) is 0 Å². The van der Waals surface area contributed by atoms with Crippen LogP contribution in [0.1, 0.15) is 18.5 Å². The van der Waals surface area contributed by atoms with Crippen LogP contribution in [-0.2, 0) is 6.42 Å². The van der Waals surface area contributed by atoms with Gasteiger partial charge in [-0.1, -0.05) is 0 Å². The Morgan fingerprint density at radius 2 is 2.50 bits per heavy atom. The molecular weight excluding hydrogens is 179 g/mol. The van der Waals surface area contributed by atoms with Crippen molar-refractivity contribution < 1.29 is 4.39 Å². The van der Waals surface area contributed by atoms with Gasteiger partial charge in [-0.25, -0.2) is 4.39 Å².